The molecule has 1 N–H and O–H groups in total. The van der Waals surface area contributed by atoms with Crippen LogP contribution in [0.3, 0.4) is 0 Å². The highest BCUT2D eigenvalue weighted by molar-refractivity contribution is 7.91. The summed E-state index contributed by atoms with van der Waals surface area (Å²) in [7, 11) is -3.64. The van der Waals surface area contributed by atoms with E-state index in [-0.39, 0.29) is 30.7 Å². The molecule has 12 heteroatoms. The molecule has 200 valence electrons. The van der Waals surface area contributed by atoms with Gasteiger partial charge in [0.05, 0.1) is 19.3 Å². The Bertz CT molecular complexity index is 1110. The van der Waals surface area contributed by atoms with Gasteiger partial charge >= 0.3 is 6.18 Å². The zero-order chi connectivity index (χ0) is 26.1. The van der Waals surface area contributed by atoms with Gasteiger partial charge in [0.15, 0.2) is 5.60 Å². The van der Waals surface area contributed by atoms with E-state index >= 15 is 0 Å². The van der Waals surface area contributed by atoms with Gasteiger partial charge in [0, 0.05) is 44.5 Å². The number of thiophene rings is 1. The molecule has 2 aliphatic rings. The number of sulfonamides is 1. The third kappa shape index (κ3) is 5.44. The van der Waals surface area contributed by atoms with E-state index in [1.807, 2.05) is 0 Å². The highest BCUT2D eigenvalue weighted by Gasteiger charge is 2.51. The van der Waals surface area contributed by atoms with Gasteiger partial charge in [-0.3, -0.25) is 4.90 Å². The van der Waals surface area contributed by atoms with Crippen molar-refractivity contribution in [3.05, 3.63) is 47.3 Å². The lowest BCUT2D eigenvalue weighted by Gasteiger charge is -2.46. The Morgan fingerprint density at radius 3 is 2.44 bits per heavy atom. The maximum atomic E-state index is 13.3. The second-order valence-corrected chi connectivity index (χ2v) is 12.5. The summed E-state index contributed by atoms with van der Waals surface area (Å²) in [5, 5.41) is 11.8. The van der Waals surface area contributed by atoms with Crippen LogP contribution in [0.25, 0.3) is 0 Å². The Balaban J connectivity index is 1.61. The van der Waals surface area contributed by atoms with Gasteiger partial charge < -0.3 is 14.7 Å². The second kappa shape index (κ2) is 10.6. The molecule has 0 saturated carbocycles. The van der Waals surface area contributed by atoms with Crippen molar-refractivity contribution in [3.63, 3.8) is 0 Å². The number of ether oxygens (including phenoxy) is 1. The van der Waals surface area contributed by atoms with Gasteiger partial charge in [-0.2, -0.15) is 17.5 Å². The first-order valence-electron chi connectivity index (χ1n) is 12.0. The first kappa shape index (κ1) is 27.3. The Morgan fingerprint density at radius 1 is 1.11 bits per heavy atom. The zero-order valence-corrected chi connectivity index (χ0v) is 21.9. The Labute approximate surface area is 214 Å². The number of hydrogen-bond acceptors (Lipinski definition) is 7. The summed E-state index contributed by atoms with van der Waals surface area (Å²) < 4.78 is 73.8. The van der Waals surface area contributed by atoms with Crippen molar-refractivity contribution < 1.29 is 31.4 Å². The standard InChI is InChI=1S/C24H32F3N3O4S2/c1-3-19-17-34-13-12-28(19)15-21-16-29(36(32,33)22-5-4-14-35-22)10-11-30(21)20-8-6-18(7-9-20)23(2,31)24(25,26)27/h4-9,14,19,21,31H,3,10-13,15-17H2,1-2H3/t19-,21+,23+/m1/s1. The van der Waals surface area contributed by atoms with E-state index in [9.17, 15) is 26.7 Å². The molecule has 7 nitrogen and oxygen atoms in total. The number of piperazine rings is 1. The average Bonchev–Trinajstić information content (AvgIpc) is 3.40. The molecule has 0 bridgehead atoms. The molecular formula is C24H32F3N3O4S2. The smallest absolute Gasteiger partial charge is 0.378 e. The van der Waals surface area contributed by atoms with Crippen LogP contribution < -0.4 is 4.90 Å². The van der Waals surface area contributed by atoms with Crippen molar-refractivity contribution in [1.82, 2.24) is 9.21 Å². The minimum atomic E-state index is -4.80. The topological polar surface area (TPSA) is 73.3 Å². The van der Waals surface area contributed by atoms with Crippen LogP contribution in [0.4, 0.5) is 18.9 Å². The monoisotopic (exact) mass is 547 g/mol. The second-order valence-electron chi connectivity index (χ2n) is 9.39. The number of halogens is 3. The molecule has 2 aliphatic heterocycles. The third-order valence-electron chi connectivity index (χ3n) is 7.11. The van der Waals surface area contributed by atoms with Gasteiger partial charge in [-0.15, -0.1) is 11.3 Å². The van der Waals surface area contributed by atoms with Crippen LogP contribution in [0.1, 0.15) is 25.8 Å². The number of alkyl halides is 3. The summed E-state index contributed by atoms with van der Waals surface area (Å²) in [4.78, 5) is 4.37. The third-order valence-corrected chi connectivity index (χ3v) is 10.4. The molecule has 0 unspecified atom stereocenters. The molecule has 4 rings (SSSR count). The Hall–Kier alpha value is -1.70. The van der Waals surface area contributed by atoms with Crippen LogP contribution in [0, 0.1) is 0 Å². The van der Waals surface area contributed by atoms with Crippen LogP contribution in [0.5, 0.6) is 0 Å². The van der Waals surface area contributed by atoms with Gasteiger partial charge in [0.2, 0.25) is 0 Å². The Morgan fingerprint density at radius 2 is 1.83 bits per heavy atom. The lowest BCUT2D eigenvalue weighted by atomic mass is 9.95. The van der Waals surface area contributed by atoms with E-state index in [4.69, 9.17) is 4.74 Å². The number of hydrogen-bond donors (Lipinski definition) is 1. The van der Waals surface area contributed by atoms with E-state index in [2.05, 4.69) is 16.7 Å². The maximum absolute atomic E-state index is 13.3. The SMILES string of the molecule is CC[C@@H]1COCCN1C[C@H]1CN(S(=O)(=O)c2cccs2)CCN1c1ccc([C@](C)(O)C(F)(F)F)cc1. The van der Waals surface area contributed by atoms with Gasteiger partial charge in [-0.25, -0.2) is 8.42 Å². The summed E-state index contributed by atoms with van der Waals surface area (Å²) in [6.07, 6.45) is -3.91. The van der Waals surface area contributed by atoms with Crippen molar-refractivity contribution >= 4 is 27.0 Å². The fourth-order valence-electron chi connectivity index (χ4n) is 4.80. The molecule has 1 aromatic heterocycles. The fourth-order valence-corrected chi connectivity index (χ4v) is 7.41. The molecule has 2 fully saturated rings. The highest BCUT2D eigenvalue weighted by Crippen LogP contribution is 2.39. The van der Waals surface area contributed by atoms with Gasteiger partial charge in [-0.1, -0.05) is 25.1 Å². The molecule has 0 radical (unpaired) electrons. The zero-order valence-electron chi connectivity index (χ0n) is 20.3. The number of rotatable bonds is 7. The van der Waals surface area contributed by atoms with Crippen molar-refractivity contribution in [3.8, 4) is 0 Å². The number of nitrogens with zero attached hydrogens (tertiary/aromatic N) is 3. The molecule has 36 heavy (non-hydrogen) atoms. The summed E-state index contributed by atoms with van der Waals surface area (Å²) in [6.45, 7) is 6.28. The van der Waals surface area contributed by atoms with Crippen molar-refractivity contribution in [1.29, 1.82) is 0 Å². The molecule has 1 aromatic carbocycles. The van der Waals surface area contributed by atoms with E-state index in [0.29, 0.717) is 36.2 Å². The lowest BCUT2D eigenvalue weighted by molar-refractivity contribution is -0.258. The highest BCUT2D eigenvalue weighted by atomic mass is 32.2. The fraction of sp³-hybridized carbons (Fsp3) is 0.583. The molecular weight excluding hydrogens is 515 g/mol. The van der Waals surface area contributed by atoms with Crippen molar-refractivity contribution in [2.45, 2.75) is 48.3 Å². The van der Waals surface area contributed by atoms with Gasteiger partial charge in [0.25, 0.3) is 10.0 Å². The molecule has 3 atom stereocenters. The van der Waals surface area contributed by atoms with Gasteiger partial charge in [-0.05, 0) is 42.5 Å². The minimum absolute atomic E-state index is 0.213. The van der Waals surface area contributed by atoms with Crippen LogP contribution in [-0.2, 0) is 20.4 Å². The normalized spacial score (nSPS) is 24.6. The van der Waals surface area contributed by atoms with E-state index in [1.165, 1.54) is 27.8 Å². The number of anilines is 1. The van der Waals surface area contributed by atoms with Gasteiger partial charge in [0.1, 0.15) is 4.21 Å². The van der Waals surface area contributed by atoms with Crippen LogP contribution >= 0.6 is 11.3 Å². The number of morpholine rings is 1. The van der Waals surface area contributed by atoms with Crippen LogP contribution in [0.15, 0.2) is 46.0 Å². The summed E-state index contributed by atoms with van der Waals surface area (Å²) in [6, 6.07) is 9.04. The molecule has 0 aliphatic carbocycles. The molecule has 3 heterocycles. The number of benzene rings is 1. The predicted octanol–water partition coefficient (Wildman–Crippen LogP) is 3.51. The van der Waals surface area contributed by atoms with Crippen molar-refractivity contribution in [2.75, 3.05) is 50.8 Å². The quantitative estimate of drug-likeness (QED) is 0.572. The summed E-state index contributed by atoms with van der Waals surface area (Å²) in [5.74, 6) is 0. The first-order valence-corrected chi connectivity index (χ1v) is 14.3. The molecule has 2 saturated heterocycles. The molecule has 2 aromatic rings. The van der Waals surface area contributed by atoms with E-state index < -0.39 is 21.8 Å². The molecule has 0 spiro atoms. The largest absolute Gasteiger partial charge is 0.421 e. The lowest BCUT2D eigenvalue weighted by Crippen LogP contribution is -2.60. The predicted molar refractivity (Wildman–Crippen MR) is 133 cm³/mol. The molecule has 0 amide bonds. The number of aliphatic hydroxyl groups is 1. The minimum Gasteiger partial charge on any atom is -0.378 e. The van der Waals surface area contributed by atoms with Crippen molar-refractivity contribution in [2.24, 2.45) is 0 Å². The average molecular weight is 548 g/mol. The Kier molecular flexibility index (Phi) is 8.04. The summed E-state index contributed by atoms with van der Waals surface area (Å²) >= 11 is 1.18. The van der Waals surface area contributed by atoms with E-state index in [0.717, 1.165) is 19.9 Å². The van der Waals surface area contributed by atoms with E-state index in [1.54, 1.807) is 29.6 Å². The first-order chi connectivity index (χ1) is 16.9. The van der Waals surface area contributed by atoms with Crippen LogP contribution in [-0.4, -0.2) is 86.9 Å². The summed E-state index contributed by atoms with van der Waals surface area (Å²) in [5.41, 5.74) is -2.51. The van der Waals surface area contributed by atoms with Crippen LogP contribution in [0.2, 0.25) is 0 Å². The maximum Gasteiger partial charge on any atom is 0.421 e.